The van der Waals surface area contributed by atoms with Crippen LogP contribution in [0.25, 0.3) is 0 Å². The smallest absolute Gasteiger partial charge is 0.349 e. The number of methoxy groups -OCH3 is 1. The first-order chi connectivity index (χ1) is 11.2. The standard InChI is InChI=1S/C12H13N5O5S2/c1-6-13-7(2)15-11(14-6)16-12(19)17-24(20,21)8-4-5-23-9(8)10(18)22-3/h4-5H,1-3H3,(H2,13,14,15,16,17,19). The Morgan fingerprint density at radius 3 is 2.38 bits per heavy atom. The monoisotopic (exact) mass is 371 g/mol. The molecule has 2 N–H and O–H groups in total. The fraction of sp³-hybridized carbons (Fsp3) is 0.250. The topological polar surface area (TPSA) is 140 Å². The molecule has 0 atom stereocenters. The predicted octanol–water partition coefficient (Wildman–Crippen LogP) is 0.847. The number of nitrogens with zero attached hydrogens (tertiary/aromatic N) is 3. The van der Waals surface area contributed by atoms with Crippen molar-refractivity contribution in [2.24, 2.45) is 0 Å². The molecule has 0 aliphatic rings. The number of anilines is 1. The van der Waals surface area contributed by atoms with Gasteiger partial charge in [0.05, 0.1) is 7.11 Å². The molecular formula is C12H13N5O5S2. The van der Waals surface area contributed by atoms with Gasteiger partial charge in [0.2, 0.25) is 5.95 Å². The summed E-state index contributed by atoms with van der Waals surface area (Å²) in [4.78, 5) is 34.6. The van der Waals surface area contributed by atoms with Gasteiger partial charge in [-0.25, -0.2) is 27.7 Å². The molecule has 0 bridgehead atoms. The number of aryl methyl sites for hydroxylation is 2. The molecular weight excluding hydrogens is 358 g/mol. The number of thiophene rings is 1. The maximum Gasteiger partial charge on any atom is 0.349 e. The summed E-state index contributed by atoms with van der Waals surface area (Å²) >= 11 is 0.886. The SMILES string of the molecule is COC(=O)c1sccc1S(=O)(=O)NC(=O)Nc1nc(C)nc(C)n1. The lowest BCUT2D eigenvalue weighted by Crippen LogP contribution is -2.35. The van der Waals surface area contributed by atoms with Crippen molar-refractivity contribution in [3.05, 3.63) is 28.0 Å². The van der Waals surface area contributed by atoms with Crippen LogP contribution in [0.15, 0.2) is 16.3 Å². The van der Waals surface area contributed by atoms with E-state index in [1.165, 1.54) is 11.4 Å². The zero-order valence-corrected chi connectivity index (χ0v) is 14.5. The fourth-order valence-corrected chi connectivity index (χ4v) is 3.97. The molecule has 0 spiro atoms. The summed E-state index contributed by atoms with van der Waals surface area (Å²) < 4.78 is 30.8. The van der Waals surface area contributed by atoms with Gasteiger partial charge in [-0.1, -0.05) is 0 Å². The number of sulfonamides is 1. The highest BCUT2D eigenvalue weighted by atomic mass is 32.2. The van der Waals surface area contributed by atoms with Crippen LogP contribution in [0.5, 0.6) is 0 Å². The van der Waals surface area contributed by atoms with E-state index >= 15 is 0 Å². The highest BCUT2D eigenvalue weighted by molar-refractivity contribution is 7.90. The Morgan fingerprint density at radius 1 is 1.17 bits per heavy atom. The molecule has 0 aliphatic heterocycles. The number of urea groups is 1. The van der Waals surface area contributed by atoms with Crippen LogP contribution in [0.1, 0.15) is 21.3 Å². The number of carbonyl (C=O) groups is 2. The summed E-state index contributed by atoms with van der Waals surface area (Å²) in [7, 11) is -3.14. The second kappa shape index (κ2) is 6.88. The highest BCUT2D eigenvalue weighted by Crippen LogP contribution is 2.22. The zero-order chi connectivity index (χ0) is 17.9. The third-order valence-corrected chi connectivity index (χ3v) is 5.00. The molecule has 24 heavy (non-hydrogen) atoms. The van der Waals surface area contributed by atoms with Gasteiger partial charge in [-0.05, 0) is 25.3 Å². The largest absolute Gasteiger partial charge is 0.465 e. The van der Waals surface area contributed by atoms with Crippen molar-refractivity contribution in [2.45, 2.75) is 18.7 Å². The van der Waals surface area contributed by atoms with E-state index in [-0.39, 0.29) is 15.7 Å². The Bertz CT molecular complexity index is 873. The number of nitrogens with one attached hydrogen (secondary N) is 2. The van der Waals surface area contributed by atoms with E-state index < -0.39 is 22.0 Å². The van der Waals surface area contributed by atoms with E-state index in [2.05, 4.69) is 25.0 Å². The Morgan fingerprint density at radius 2 is 1.79 bits per heavy atom. The second-order valence-electron chi connectivity index (χ2n) is 4.42. The number of rotatable bonds is 4. The van der Waals surface area contributed by atoms with E-state index in [4.69, 9.17) is 0 Å². The molecule has 2 aromatic heterocycles. The first kappa shape index (κ1) is 17.7. The number of carbonyl (C=O) groups excluding carboxylic acids is 2. The molecule has 2 heterocycles. The van der Waals surface area contributed by atoms with E-state index in [0.717, 1.165) is 18.4 Å². The quantitative estimate of drug-likeness (QED) is 0.754. The average Bonchev–Trinajstić information content (AvgIpc) is 2.94. The lowest BCUT2D eigenvalue weighted by Gasteiger charge is -2.08. The summed E-state index contributed by atoms with van der Waals surface area (Å²) in [6.45, 7) is 3.20. The van der Waals surface area contributed by atoms with Crippen LogP contribution in [0.4, 0.5) is 10.7 Å². The second-order valence-corrected chi connectivity index (χ2v) is 6.99. The first-order valence-corrected chi connectivity index (χ1v) is 8.78. The van der Waals surface area contributed by atoms with Crippen molar-refractivity contribution in [1.29, 1.82) is 0 Å². The van der Waals surface area contributed by atoms with Crippen molar-refractivity contribution in [2.75, 3.05) is 12.4 Å². The Labute approximate surface area is 141 Å². The van der Waals surface area contributed by atoms with Gasteiger partial charge in [-0.2, -0.15) is 9.97 Å². The molecule has 0 unspecified atom stereocenters. The van der Waals surface area contributed by atoms with Crippen LogP contribution in [0, 0.1) is 13.8 Å². The van der Waals surface area contributed by atoms with Crippen LogP contribution < -0.4 is 10.0 Å². The molecule has 0 saturated carbocycles. The van der Waals surface area contributed by atoms with Gasteiger partial charge in [0, 0.05) is 0 Å². The van der Waals surface area contributed by atoms with Gasteiger partial charge in [0.25, 0.3) is 10.0 Å². The summed E-state index contributed by atoms with van der Waals surface area (Å²) in [6.07, 6.45) is 0. The van der Waals surface area contributed by atoms with Gasteiger partial charge in [-0.15, -0.1) is 11.3 Å². The van der Waals surface area contributed by atoms with Gasteiger partial charge in [0.15, 0.2) is 0 Å². The fourth-order valence-electron chi connectivity index (χ4n) is 1.73. The van der Waals surface area contributed by atoms with Crippen LogP contribution in [0.3, 0.4) is 0 Å². The number of amides is 2. The highest BCUT2D eigenvalue weighted by Gasteiger charge is 2.26. The molecule has 0 saturated heterocycles. The third-order valence-electron chi connectivity index (χ3n) is 2.60. The maximum atomic E-state index is 12.2. The summed E-state index contributed by atoms with van der Waals surface area (Å²) in [6, 6.07) is 0.131. The minimum absolute atomic E-state index is 0.0915. The van der Waals surface area contributed by atoms with Crippen LogP contribution in [0.2, 0.25) is 0 Å². The van der Waals surface area contributed by atoms with E-state index in [0.29, 0.717) is 11.6 Å². The summed E-state index contributed by atoms with van der Waals surface area (Å²) in [5.41, 5.74) is 0. The van der Waals surface area contributed by atoms with Gasteiger partial charge in [0.1, 0.15) is 21.4 Å². The molecule has 0 aliphatic carbocycles. The van der Waals surface area contributed by atoms with Crippen molar-refractivity contribution < 1.29 is 22.7 Å². The number of hydrogen-bond donors (Lipinski definition) is 2. The third kappa shape index (κ3) is 4.02. The number of hydrogen-bond acceptors (Lipinski definition) is 9. The van der Waals surface area contributed by atoms with Gasteiger partial charge < -0.3 is 4.74 Å². The molecule has 0 fully saturated rings. The molecule has 0 radical (unpaired) electrons. The Kier molecular flexibility index (Phi) is 5.09. The van der Waals surface area contributed by atoms with Crippen LogP contribution in [-0.4, -0.2) is 42.5 Å². The van der Waals surface area contributed by atoms with Crippen LogP contribution in [-0.2, 0) is 14.8 Å². The summed E-state index contributed by atoms with van der Waals surface area (Å²) in [5, 5.41) is 3.60. The number of esters is 1. The van der Waals surface area contributed by atoms with Crippen molar-refractivity contribution in [3.63, 3.8) is 0 Å². The molecule has 2 aromatic rings. The Hall–Kier alpha value is -2.60. The van der Waals surface area contributed by atoms with Crippen LogP contribution >= 0.6 is 11.3 Å². The number of aromatic nitrogens is 3. The molecule has 2 rings (SSSR count). The molecule has 10 nitrogen and oxygen atoms in total. The van der Waals surface area contributed by atoms with Crippen molar-refractivity contribution in [1.82, 2.24) is 19.7 Å². The minimum Gasteiger partial charge on any atom is -0.465 e. The van der Waals surface area contributed by atoms with Crippen molar-refractivity contribution >= 4 is 39.3 Å². The average molecular weight is 371 g/mol. The van der Waals surface area contributed by atoms with Crippen molar-refractivity contribution in [3.8, 4) is 0 Å². The Balaban J connectivity index is 2.19. The molecule has 2 amide bonds. The first-order valence-electron chi connectivity index (χ1n) is 6.42. The van der Waals surface area contributed by atoms with Gasteiger partial charge >= 0.3 is 12.0 Å². The van der Waals surface area contributed by atoms with E-state index in [1.807, 2.05) is 0 Å². The lowest BCUT2D eigenvalue weighted by atomic mass is 10.5. The maximum absolute atomic E-state index is 12.2. The van der Waals surface area contributed by atoms with Gasteiger partial charge in [-0.3, -0.25) is 5.32 Å². The molecule has 0 aromatic carbocycles. The predicted molar refractivity (Wildman–Crippen MR) is 84.3 cm³/mol. The normalized spacial score (nSPS) is 11.0. The van der Waals surface area contributed by atoms with E-state index in [9.17, 15) is 18.0 Å². The minimum atomic E-state index is -4.27. The molecule has 12 heteroatoms. The lowest BCUT2D eigenvalue weighted by molar-refractivity contribution is 0.0602. The van der Waals surface area contributed by atoms with E-state index in [1.54, 1.807) is 18.6 Å². The summed E-state index contributed by atoms with van der Waals surface area (Å²) in [5.74, 6) is -0.168. The molecule has 128 valence electrons. The zero-order valence-electron chi connectivity index (χ0n) is 12.9. The number of ether oxygens (including phenoxy) is 1.